The van der Waals surface area contributed by atoms with Crippen molar-refractivity contribution in [2.45, 2.75) is 38.3 Å². The highest BCUT2D eigenvalue weighted by Crippen LogP contribution is 2.33. The largest absolute Gasteiger partial charge is 0.465 e. The van der Waals surface area contributed by atoms with Crippen LogP contribution >= 0.6 is 31.9 Å². The molecule has 0 spiro atoms. The van der Waals surface area contributed by atoms with Crippen molar-refractivity contribution in [3.63, 3.8) is 0 Å². The first kappa shape index (κ1) is 16.8. The van der Waals surface area contributed by atoms with Gasteiger partial charge in [-0.3, -0.25) is 0 Å². The topological polar surface area (TPSA) is 47.6 Å². The Balaban J connectivity index is 2.24. The summed E-state index contributed by atoms with van der Waals surface area (Å²) in [4.78, 5) is 12.0. The van der Waals surface area contributed by atoms with Crippen LogP contribution in [0.25, 0.3) is 0 Å². The lowest BCUT2D eigenvalue weighted by Crippen LogP contribution is -2.34. The van der Waals surface area contributed by atoms with E-state index in [9.17, 15) is 4.79 Å². The van der Waals surface area contributed by atoms with E-state index in [1.165, 1.54) is 7.11 Å². The first-order valence-corrected chi connectivity index (χ1v) is 8.59. The molecule has 2 atom stereocenters. The number of carbonyl (C=O) groups is 1. The van der Waals surface area contributed by atoms with E-state index in [-0.39, 0.29) is 12.1 Å². The van der Waals surface area contributed by atoms with E-state index >= 15 is 0 Å². The molecule has 1 saturated heterocycles. The Bertz CT molecular complexity index is 522. The summed E-state index contributed by atoms with van der Waals surface area (Å²) in [6.07, 6.45) is 3.16. The molecule has 0 aromatic heterocycles. The molecule has 0 radical (unpaired) electrons. The second kappa shape index (κ2) is 7.61. The zero-order valence-corrected chi connectivity index (χ0v) is 15.3. The number of esters is 1. The van der Waals surface area contributed by atoms with Crippen LogP contribution < -0.4 is 5.32 Å². The normalized spacial score (nSPS) is 21.9. The predicted molar refractivity (Wildman–Crippen MR) is 89.9 cm³/mol. The number of halogens is 2. The van der Waals surface area contributed by atoms with Crippen molar-refractivity contribution in [3.05, 3.63) is 26.6 Å². The Kier molecular flexibility index (Phi) is 6.08. The van der Waals surface area contributed by atoms with E-state index in [0.717, 1.165) is 40.5 Å². The molecule has 1 fully saturated rings. The summed E-state index contributed by atoms with van der Waals surface area (Å²) in [5, 5.41) is 3.48. The van der Waals surface area contributed by atoms with E-state index in [1.807, 2.05) is 6.07 Å². The van der Waals surface area contributed by atoms with Crippen LogP contribution in [0.2, 0.25) is 0 Å². The zero-order valence-electron chi connectivity index (χ0n) is 12.1. The number of ether oxygens (including phenoxy) is 2. The van der Waals surface area contributed by atoms with Gasteiger partial charge in [0, 0.05) is 21.6 Å². The van der Waals surface area contributed by atoms with Crippen LogP contribution in [-0.4, -0.2) is 31.8 Å². The quantitative estimate of drug-likeness (QED) is 0.734. The van der Waals surface area contributed by atoms with Gasteiger partial charge in [0.1, 0.15) is 0 Å². The van der Waals surface area contributed by atoms with E-state index in [0.29, 0.717) is 11.6 Å². The van der Waals surface area contributed by atoms with Crippen molar-refractivity contribution < 1.29 is 14.3 Å². The zero-order chi connectivity index (χ0) is 15.4. The molecule has 6 heteroatoms. The van der Waals surface area contributed by atoms with Crippen LogP contribution in [0, 0.1) is 0 Å². The van der Waals surface area contributed by atoms with Gasteiger partial charge in [-0.1, -0.05) is 22.9 Å². The Morgan fingerprint density at radius 2 is 2.24 bits per heavy atom. The second-order valence-electron chi connectivity index (χ2n) is 5.07. The molecule has 1 heterocycles. The third kappa shape index (κ3) is 4.20. The van der Waals surface area contributed by atoms with Gasteiger partial charge in [-0.2, -0.15) is 0 Å². The molecule has 1 aromatic rings. The Morgan fingerprint density at radius 3 is 2.90 bits per heavy atom. The smallest absolute Gasteiger partial charge is 0.340 e. The Labute approximate surface area is 141 Å². The summed E-state index contributed by atoms with van der Waals surface area (Å²) in [7, 11) is 1.39. The van der Waals surface area contributed by atoms with Gasteiger partial charge in [0.15, 0.2) is 0 Å². The summed E-state index contributed by atoms with van der Waals surface area (Å²) >= 11 is 6.93. The van der Waals surface area contributed by atoms with Crippen molar-refractivity contribution in [3.8, 4) is 0 Å². The monoisotopic (exact) mass is 419 g/mol. The van der Waals surface area contributed by atoms with Gasteiger partial charge in [0.25, 0.3) is 0 Å². The number of carbonyl (C=O) groups excluding carboxylic acids is 1. The van der Waals surface area contributed by atoms with E-state index in [4.69, 9.17) is 9.47 Å². The summed E-state index contributed by atoms with van der Waals surface area (Å²) < 4.78 is 12.2. The number of hydrogen-bond donors (Lipinski definition) is 1. The molecule has 4 nitrogen and oxygen atoms in total. The first-order valence-electron chi connectivity index (χ1n) is 7.00. The molecule has 1 aliphatic heterocycles. The molecule has 0 aliphatic carbocycles. The molecule has 0 saturated carbocycles. The van der Waals surface area contributed by atoms with Gasteiger partial charge in [0.05, 0.1) is 24.5 Å². The minimum absolute atomic E-state index is 0.284. The molecule has 0 bridgehead atoms. The van der Waals surface area contributed by atoms with Gasteiger partial charge in [-0.25, -0.2) is 4.79 Å². The second-order valence-corrected chi connectivity index (χ2v) is 6.84. The van der Waals surface area contributed by atoms with Gasteiger partial charge in [-0.15, -0.1) is 0 Å². The lowest BCUT2D eigenvalue weighted by atomic mass is 10.0. The molecule has 0 amide bonds. The van der Waals surface area contributed by atoms with E-state index < -0.39 is 0 Å². The third-order valence-electron chi connectivity index (χ3n) is 3.63. The van der Waals surface area contributed by atoms with Crippen LogP contribution in [0.3, 0.4) is 0 Å². The van der Waals surface area contributed by atoms with Crippen LogP contribution in [0.15, 0.2) is 21.1 Å². The van der Waals surface area contributed by atoms with Gasteiger partial charge >= 0.3 is 5.97 Å². The third-order valence-corrected chi connectivity index (χ3v) is 4.71. The van der Waals surface area contributed by atoms with Crippen molar-refractivity contribution in [1.82, 2.24) is 0 Å². The number of anilines is 1. The van der Waals surface area contributed by atoms with Crippen molar-refractivity contribution in [1.29, 1.82) is 0 Å². The van der Waals surface area contributed by atoms with Crippen molar-refractivity contribution >= 4 is 43.5 Å². The van der Waals surface area contributed by atoms with Gasteiger partial charge in [0.2, 0.25) is 0 Å². The molecular weight excluding hydrogens is 402 g/mol. The van der Waals surface area contributed by atoms with Crippen LogP contribution in [0.5, 0.6) is 0 Å². The standard InChI is InChI=1S/C15H19Br2NO3/c1-3-11-8-10(4-5-21-11)18-14-12(15(19)20-2)6-9(16)7-13(14)17/h6-7,10-11,18H,3-5,8H2,1-2H3. The number of benzene rings is 1. The maximum Gasteiger partial charge on any atom is 0.340 e. The number of hydrogen-bond acceptors (Lipinski definition) is 4. The Hall–Kier alpha value is -0.590. The fourth-order valence-corrected chi connectivity index (χ4v) is 3.83. The SMILES string of the molecule is CCC1CC(Nc2c(Br)cc(Br)cc2C(=O)OC)CCO1. The van der Waals surface area contributed by atoms with E-state index in [1.54, 1.807) is 6.07 Å². The predicted octanol–water partition coefficient (Wildman–Crippen LogP) is 4.37. The number of nitrogens with one attached hydrogen (secondary N) is 1. The first-order chi connectivity index (χ1) is 10.0. The van der Waals surface area contributed by atoms with Gasteiger partial charge < -0.3 is 14.8 Å². The van der Waals surface area contributed by atoms with Crippen molar-refractivity contribution in [2.75, 3.05) is 19.0 Å². The van der Waals surface area contributed by atoms with Crippen molar-refractivity contribution in [2.24, 2.45) is 0 Å². The maximum atomic E-state index is 12.0. The molecule has 2 rings (SSSR count). The van der Waals surface area contributed by atoms with Crippen LogP contribution in [0.1, 0.15) is 36.5 Å². The van der Waals surface area contributed by atoms with Crippen LogP contribution in [-0.2, 0) is 9.47 Å². The minimum atomic E-state index is -0.349. The molecule has 1 aliphatic rings. The highest BCUT2D eigenvalue weighted by Gasteiger charge is 2.24. The molecular formula is C15H19Br2NO3. The lowest BCUT2D eigenvalue weighted by molar-refractivity contribution is 0.00924. The number of methoxy groups -OCH3 is 1. The average Bonchev–Trinajstić information content (AvgIpc) is 2.49. The molecule has 1 N–H and O–H groups in total. The fraction of sp³-hybridized carbons (Fsp3) is 0.533. The fourth-order valence-electron chi connectivity index (χ4n) is 2.49. The summed E-state index contributed by atoms with van der Waals surface area (Å²) in [5.74, 6) is -0.349. The van der Waals surface area contributed by atoms with Crippen LogP contribution in [0.4, 0.5) is 5.69 Å². The number of rotatable bonds is 4. The minimum Gasteiger partial charge on any atom is -0.465 e. The summed E-state index contributed by atoms with van der Waals surface area (Å²) in [5.41, 5.74) is 1.31. The maximum absolute atomic E-state index is 12.0. The molecule has 116 valence electrons. The average molecular weight is 421 g/mol. The summed E-state index contributed by atoms with van der Waals surface area (Å²) in [6.45, 7) is 2.88. The lowest BCUT2D eigenvalue weighted by Gasteiger charge is -2.31. The highest BCUT2D eigenvalue weighted by molar-refractivity contribution is 9.11. The van der Waals surface area contributed by atoms with E-state index in [2.05, 4.69) is 44.1 Å². The highest BCUT2D eigenvalue weighted by atomic mass is 79.9. The molecule has 21 heavy (non-hydrogen) atoms. The summed E-state index contributed by atoms with van der Waals surface area (Å²) in [6, 6.07) is 3.99. The molecule has 2 unspecified atom stereocenters. The van der Waals surface area contributed by atoms with Gasteiger partial charge in [-0.05, 0) is 47.3 Å². The molecule has 1 aromatic carbocycles. The Morgan fingerprint density at radius 1 is 1.48 bits per heavy atom.